The van der Waals surface area contributed by atoms with Crippen LogP contribution in [0, 0.1) is 0 Å². The lowest BCUT2D eigenvalue weighted by Gasteiger charge is -2.34. The second kappa shape index (κ2) is 8.24. The number of likely N-dealkylation sites (N-methyl/N-ethyl adjacent to an activating group) is 1. The molecule has 1 saturated heterocycles. The van der Waals surface area contributed by atoms with Gasteiger partial charge >= 0.3 is 0 Å². The Balaban J connectivity index is 1.50. The first-order valence-corrected chi connectivity index (χ1v) is 8.94. The molecular weight excluding hydrogens is 288 g/mol. The zero-order chi connectivity index (χ0) is 15.9. The predicted molar refractivity (Wildman–Crippen MR) is 93.8 cm³/mol. The lowest BCUT2D eigenvalue weighted by Crippen LogP contribution is -2.46. The van der Waals surface area contributed by atoms with Crippen LogP contribution in [0.15, 0.2) is 17.8 Å². The van der Waals surface area contributed by atoms with Crippen LogP contribution in [-0.2, 0) is 0 Å². The lowest BCUT2D eigenvalue weighted by molar-refractivity contribution is 0.270. The molecule has 1 N–H and O–H groups in total. The molecule has 0 atom stereocenters. The number of nitrogens with one attached hydrogen (secondary N) is 1. The van der Waals surface area contributed by atoms with Gasteiger partial charge in [0.25, 0.3) is 0 Å². The van der Waals surface area contributed by atoms with Gasteiger partial charge in [-0.1, -0.05) is 18.6 Å². The average Bonchev–Trinajstić information content (AvgIpc) is 2.63. The Bertz CT molecular complexity index is 522. The molecule has 1 aromatic heterocycles. The van der Waals surface area contributed by atoms with Crippen molar-refractivity contribution in [2.75, 3.05) is 49.5 Å². The van der Waals surface area contributed by atoms with Crippen molar-refractivity contribution < 1.29 is 0 Å². The zero-order valence-electron chi connectivity index (χ0n) is 14.2. The summed E-state index contributed by atoms with van der Waals surface area (Å²) >= 11 is 0. The van der Waals surface area contributed by atoms with Gasteiger partial charge in [0.2, 0.25) is 5.95 Å². The first-order chi connectivity index (χ1) is 11.3. The normalized spacial score (nSPS) is 19.5. The molecule has 0 amide bonds. The highest BCUT2D eigenvalue weighted by Gasteiger charge is 2.17. The second-order valence-corrected chi connectivity index (χ2v) is 6.34. The predicted octanol–water partition coefficient (Wildman–Crippen LogP) is 2.32. The number of hydrogen-bond acceptors (Lipinski definition) is 6. The smallest absolute Gasteiger partial charge is 0.244 e. The van der Waals surface area contributed by atoms with E-state index in [-0.39, 0.29) is 0 Å². The maximum atomic E-state index is 4.63. The fourth-order valence-corrected chi connectivity index (χ4v) is 3.28. The van der Waals surface area contributed by atoms with Gasteiger partial charge in [0, 0.05) is 32.7 Å². The van der Waals surface area contributed by atoms with Gasteiger partial charge in [0.05, 0.1) is 6.20 Å². The number of piperazine rings is 1. The molecule has 0 aromatic carbocycles. The highest BCUT2D eigenvalue weighted by Crippen LogP contribution is 2.20. The molecule has 126 valence electrons. The van der Waals surface area contributed by atoms with Gasteiger partial charge in [-0.05, 0) is 38.6 Å². The van der Waals surface area contributed by atoms with Crippen LogP contribution in [0.5, 0.6) is 0 Å². The molecule has 3 rings (SSSR count). The van der Waals surface area contributed by atoms with Crippen LogP contribution in [0.3, 0.4) is 0 Å². The zero-order valence-corrected chi connectivity index (χ0v) is 14.2. The Kier molecular flexibility index (Phi) is 5.80. The van der Waals surface area contributed by atoms with Crippen molar-refractivity contribution in [3.63, 3.8) is 0 Å². The SMILES string of the molecule is CCN1CCN(c2cnnc(NCCC3=CCCCC3)n2)CC1. The molecule has 0 bridgehead atoms. The highest BCUT2D eigenvalue weighted by atomic mass is 15.3. The lowest BCUT2D eigenvalue weighted by atomic mass is 9.97. The molecule has 0 radical (unpaired) electrons. The van der Waals surface area contributed by atoms with Crippen LogP contribution in [0.25, 0.3) is 0 Å². The van der Waals surface area contributed by atoms with Crippen LogP contribution in [0.1, 0.15) is 39.0 Å². The summed E-state index contributed by atoms with van der Waals surface area (Å²) in [4.78, 5) is 9.39. The third kappa shape index (κ3) is 4.64. The van der Waals surface area contributed by atoms with Gasteiger partial charge in [-0.25, -0.2) is 0 Å². The first kappa shape index (κ1) is 16.2. The topological polar surface area (TPSA) is 57.2 Å². The molecule has 0 saturated carbocycles. The van der Waals surface area contributed by atoms with Gasteiger partial charge in [-0.15, -0.1) is 5.10 Å². The Labute approximate surface area is 139 Å². The van der Waals surface area contributed by atoms with E-state index in [9.17, 15) is 0 Å². The van der Waals surface area contributed by atoms with E-state index in [0.717, 1.165) is 51.5 Å². The third-order valence-electron chi connectivity index (χ3n) is 4.80. The molecule has 23 heavy (non-hydrogen) atoms. The van der Waals surface area contributed by atoms with E-state index in [4.69, 9.17) is 0 Å². The number of anilines is 2. The Morgan fingerprint density at radius 1 is 1.17 bits per heavy atom. The minimum absolute atomic E-state index is 0.650. The molecule has 0 spiro atoms. The summed E-state index contributed by atoms with van der Waals surface area (Å²) in [5.74, 6) is 1.59. The molecule has 6 nitrogen and oxygen atoms in total. The largest absolute Gasteiger partial charge is 0.353 e. The average molecular weight is 316 g/mol. The fourth-order valence-electron chi connectivity index (χ4n) is 3.28. The molecule has 6 heteroatoms. The maximum absolute atomic E-state index is 4.63. The molecule has 1 aliphatic heterocycles. The van der Waals surface area contributed by atoms with Crippen molar-refractivity contribution >= 4 is 11.8 Å². The first-order valence-electron chi connectivity index (χ1n) is 8.94. The van der Waals surface area contributed by atoms with Crippen molar-refractivity contribution in [2.24, 2.45) is 0 Å². The van der Waals surface area contributed by atoms with E-state index in [0.29, 0.717) is 5.95 Å². The van der Waals surface area contributed by atoms with Crippen LogP contribution in [-0.4, -0.2) is 59.3 Å². The standard InChI is InChI=1S/C17H28N6/c1-2-22-10-12-23(13-11-22)16-14-19-21-17(20-16)18-9-8-15-6-4-3-5-7-15/h6,14H,2-5,7-13H2,1H3,(H,18,20,21). The van der Waals surface area contributed by atoms with Crippen molar-refractivity contribution in [3.05, 3.63) is 17.8 Å². The molecule has 2 aliphatic rings. The minimum atomic E-state index is 0.650. The summed E-state index contributed by atoms with van der Waals surface area (Å²) in [7, 11) is 0. The summed E-state index contributed by atoms with van der Waals surface area (Å²) in [5, 5.41) is 11.6. The Hall–Kier alpha value is -1.69. The van der Waals surface area contributed by atoms with Crippen LogP contribution >= 0.6 is 0 Å². The van der Waals surface area contributed by atoms with Crippen LogP contribution in [0.4, 0.5) is 11.8 Å². The highest BCUT2D eigenvalue weighted by molar-refractivity contribution is 5.40. The molecular formula is C17H28N6. The Morgan fingerprint density at radius 3 is 2.78 bits per heavy atom. The fraction of sp³-hybridized carbons (Fsp3) is 0.706. The monoisotopic (exact) mass is 316 g/mol. The second-order valence-electron chi connectivity index (χ2n) is 6.34. The molecule has 1 aliphatic carbocycles. The number of nitrogens with zero attached hydrogens (tertiary/aromatic N) is 5. The van der Waals surface area contributed by atoms with Crippen molar-refractivity contribution in [1.82, 2.24) is 20.1 Å². The van der Waals surface area contributed by atoms with Crippen LogP contribution < -0.4 is 10.2 Å². The third-order valence-corrected chi connectivity index (χ3v) is 4.80. The van der Waals surface area contributed by atoms with E-state index in [1.807, 2.05) is 0 Å². The van der Waals surface area contributed by atoms with E-state index >= 15 is 0 Å². The van der Waals surface area contributed by atoms with Crippen molar-refractivity contribution in [3.8, 4) is 0 Å². The Morgan fingerprint density at radius 2 is 2.04 bits per heavy atom. The van der Waals surface area contributed by atoms with Gasteiger partial charge in [0.1, 0.15) is 0 Å². The summed E-state index contributed by atoms with van der Waals surface area (Å²) in [6.07, 6.45) is 10.4. The van der Waals surface area contributed by atoms with Crippen molar-refractivity contribution in [1.29, 1.82) is 0 Å². The number of rotatable bonds is 6. The van der Waals surface area contributed by atoms with E-state index in [1.54, 1.807) is 11.8 Å². The van der Waals surface area contributed by atoms with E-state index in [1.165, 1.54) is 25.7 Å². The van der Waals surface area contributed by atoms with Gasteiger partial charge in [-0.2, -0.15) is 10.1 Å². The number of allylic oxidation sites excluding steroid dienone is 1. The number of aromatic nitrogens is 3. The maximum Gasteiger partial charge on any atom is 0.244 e. The summed E-state index contributed by atoms with van der Waals surface area (Å²) in [6.45, 7) is 8.44. The summed E-state index contributed by atoms with van der Waals surface area (Å²) in [6, 6.07) is 0. The molecule has 1 fully saturated rings. The van der Waals surface area contributed by atoms with E-state index in [2.05, 4.69) is 43.3 Å². The van der Waals surface area contributed by atoms with Gasteiger partial charge < -0.3 is 15.1 Å². The quantitative estimate of drug-likeness (QED) is 0.813. The van der Waals surface area contributed by atoms with Gasteiger partial charge in [-0.3, -0.25) is 0 Å². The molecule has 1 aromatic rings. The van der Waals surface area contributed by atoms with Crippen molar-refractivity contribution in [2.45, 2.75) is 39.0 Å². The number of hydrogen-bond donors (Lipinski definition) is 1. The molecule has 0 unspecified atom stereocenters. The summed E-state index contributed by atoms with van der Waals surface area (Å²) < 4.78 is 0. The van der Waals surface area contributed by atoms with E-state index < -0.39 is 0 Å². The van der Waals surface area contributed by atoms with Gasteiger partial charge in [0.15, 0.2) is 5.82 Å². The molecule has 2 heterocycles. The minimum Gasteiger partial charge on any atom is -0.353 e. The van der Waals surface area contributed by atoms with Crippen LogP contribution in [0.2, 0.25) is 0 Å². The summed E-state index contributed by atoms with van der Waals surface area (Å²) in [5.41, 5.74) is 1.57.